The quantitative estimate of drug-likeness (QED) is 0.793. The van der Waals surface area contributed by atoms with Crippen molar-refractivity contribution in [3.8, 4) is 5.75 Å². The van der Waals surface area contributed by atoms with Gasteiger partial charge < -0.3 is 14.6 Å². The lowest BCUT2D eigenvalue weighted by Gasteiger charge is -2.10. The van der Waals surface area contributed by atoms with Gasteiger partial charge in [0.1, 0.15) is 0 Å². The van der Waals surface area contributed by atoms with Crippen molar-refractivity contribution < 1.29 is 24.2 Å². The fourth-order valence-corrected chi connectivity index (χ4v) is 1.35. The summed E-state index contributed by atoms with van der Waals surface area (Å²) in [6, 6.07) is 1.34. The molecule has 0 saturated heterocycles. The zero-order chi connectivity index (χ0) is 14.4. The van der Waals surface area contributed by atoms with Crippen LogP contribution in [0.4, 0.5) is 0 Å². The second-order valence-electron chi connectivity index (χ2n) is 4.40. The Morgan fingerprint density at radius 1 is 1.42 bits per heavy atom. The number of hydrogen-bond acceptors (Lipinski definition) is 5. The van der Waals surface area contributed by atoms with Gasteiger partial charge in [-0.25, -0.2) is 14.6 Å². The number of pyridine rings is 1. The Kier molecular flexibility index (Phi) is 5.29. The number of carboxylic acid groups (broad SMARTS) is 1. The molecule has 0 aliphatic heterocycles. The van der Waals surface area contributed by atoms with Crippen LogP contribution in [-0.4, -0.2) is 35.7 Å². The number of aromatic nitrogens is 1. The molecule has 0 aliphatic rings. The van der Waals surface area contributed by atoms with Crippen LogP contribution < -0.4 is 4.74 Å². The second kappa shape index (κ2) is 6.72. The van der Waals surface area contributed by atoms with Crippen molar-refractivity contribution in [3.05, 3.63) is 23.5 Å². The van der Waals surface area contributed by atoms with Crippen molar-refractivity contribution in [2.45, 2.75) is 20.3 Å². The Morgan fingerprint density at radius 3 is 2.63 bits per heavy atom. The lowest BCUT2D eigenvalue weighted by atomic mass is 10.1. The molecule has 0 aromatic carbocycles. The fraction of sp³-hybridized carbons (Fsp3) is 0.462. The molecule has 19 heavy (non-hydrogen) atoms. The van der Waals surface area contributed by atoms with Gasteiger partial charge in [-0.15, -0.1) is 0 Å². The van der Waals surface area contributed by atoms with E-state index in [9.17, 15) is 9.59 Å². The number of carbonyl (C=O) groups is 2. The molecular formula is C13H17NO5. The van der Waals surface area contributed by atoms with E-state index in [1.807, 2.05) is 13.8 Å². The molecular weight excluding hydrogens is 250 g/mol. The highest BCUT2D eigenvalue weighted by atomic mass is 16.5. The average molecular weight is 267 g/mol. The molecule has 1 N–H and O–H groups in total. The number of carboxylic acids is 1. The first-order valence-electron chi connectivity index (χ1n) is 5.90. The van der Waals surface area contributed by atoms with Crippen molar-refractivity contribution in [2.75, 3.05) is 13.7 Å². The smallest absolute Gasteiger partial charge is 0.358 e. The highest BCUT2D eigenvalue weighted by Gasteiger charge is 2.17. The number of aromatic carboxylic acids is 1. The third kappa shape index (κ3) is 4.24. The minimum atomic E-state index is -1.20. The molecule has 104 valence electrons. The molecule has 1 aromatic heterocycles. The third-order valence-electron chi connectivity index (χ3n) is 2.43. The summed E-state index contributed by atoms with van der Waals surface area (Å²) in [6.45, 7) is 4.43. The van der Waals surface area contributed by atoms with Crippen LogP contribution in [0.1, 0.15) is 41.1 Å². The molecule has 0 amide bonds. The van der Waals surface area contributed by atoms with Crippen molar-refractivity contribution in [2.24, 2.45) is 5.92 Å². The minimum absolute atomic E-state index is 0.0797. The van der Waals surface area contributed by atoms with Crippen LogP contribution >= 0.6 is 0 Å². The highest BCUT2D eigenvalue weighted by molar-refractivity contribution is 5.93. The van der Waals surface area contributed by atoms with Crippen molar-refractivity contribution in [3.63, 3.8) is 0 Å². The number of nitrogens with zero attached hydrogens (tertiary/aromatic N) is 1. The van der Waals surface area contributed by atoms with Gasteiger partial charge in [-0.3, -0.25) is 0 Å². The van der Waals surface area contributed by atoms with Crippen molar-refractivity contribution in [1.82, 2.24) is 4.98 Å². The summed E-state index contributed by atoms with van der Waals surface area (Å²) in [5.74, 6) is -1.27. The van der Waals surface area contributed by atoms with Gasteiger partial charge in [-0.05, 0) is 18.4 Å². The summed E-state index contributed by atoms with van der Waals surface area (Å²) in [5.41, 5.74) is -0.0524. The maximum Gasteiger partial charge on any atom is 0.358 e. The summed E-state index contributed by atoms with van der Waals surface area (Å²) >= 11 is 0. The lowest BCUT2D eigenvalue weighted by molar-refractivity contribution is 0.0596. The van der Waals surface area contributed by atoms with E-state index in [1.54, 1.807) is 0 Å². The molecule has 6 nitrogen and oxygen atoms in total. The second-order valence-corrected chi connectivity index (χ2v) is 4.40. The predicted molar refractivity (Wildman–Crippen MR) is 67.5 cm³/mol. The summed E-state index contributed by atoms with van der Waals surface area (Å²) in [6.07, 6.45) is 1.94. The van der Waals surface area contributed by atoms with Crippen molar-refractivity contribution >= 4 is 11.9 Å². The van der Waals surface area contributed by atoms with Gasteiger partial charge in [0, 0.05) is 6.20 Å². The van der Waals surface area contributed by atoms with Crippen LogP contribution in [0.25, 0.3) is 0 Å². The van der Waals surface area contributed by atoms with Crippen LogP contribution in [0, 0.1) is 5.92 Å². The number of carbonyl (C=O) groups excluding carboxylic acids is 1. The first kappa shape index (κ1) is 14.9. The van der Waals surface area contributed by atoms with Gasteiger partial charge in [0.05, 0.1) is 19.3 Å². The lowest BCUT2D eigenvalue weighted by Crippen LogP contribution is -2.11. The third-order valence-corrected chi connectivity index (χ3v) is 2.43. The summed E-state index contributed by atoms with van der Waals surface area (Å²) in [4.78, 5) is 26.1. The molecule has 0 spiro atoms. The Bertz CT molecular complexity index is 470. The molecule has 0 unspecified atom stereocenters. The van der Waals surface area contributed by atoms with Gasteiger partial charge in [-0.1, -0.05) is 13.8 Å². The van der Waals surface area contributed by atoms with Crippen LogP contribution in [-0.2, 0) is 4.74 Å². The minimum Gasteiger partial charge on any atom is -0.491 e. The fourth-order valence-electron chi connectivity index (χ4n) is 1.35. The monoisotopic (exact) mass is 267 g/mol. The van der Waals surface area contributed by atoms with E-state index in [4.69, 9.17) is 9.84 Å². The molecule has 0 bridgehead atoms. The Hall–Kier alpha value is -2.11. The topological polar surface area (TPSA) is 85.7 Å². The number of hydrogen-bond donors (Lipinski definition) is 1. The molecule has 1 aromatic rings. The maximum absolute atomic E-state index is 11.4. The number of esters is 1. The largest absolute Gasteiger partial charge is 0.491 e. The normalized spacial score (nSPS) is 10.3. The maximum atomic E-state index is 11.4. The molecule has 0 radical (unpaired) electrons. The van der Waals surface area contributed by atoms with Crippen LogP contribution in [0.5, 0.6) is 5.75 Å². The van der Waals surface area contributed by atoms with Crippen molar-refractivity contribution in [1.29, 1.82) is 0 Å². The molecule has 1 heterocycles. The SMILES string of the molecule is COC(=O)c1cnc(C(=O)O)c(OCCC(C)C)c1. The molecule has 0 fully saturated rings. The van der Waals surface area contributed by atoms with Crippen LogP contribution in [0.3, 0.4) is 0 Å². The van der Waals surface area contributed by atoms with Gasteiger partial charge in [-0.2, -0.15) is 0 Å². The Balaban J connectivity index is 2.95. The Morgan fingerprint density at radius 2 is 2.11 bits per heavy atom. The molecule has 6 heteroatoms. The van der Waals surface area contributed by atoms with E-state index < -0.39 is 11.9 Å². The molecule has 0 aliphatic carbocycles. The zero-order valence-electron chi connectivity index (χ0n) is 11.2. The van der Waals surface area contributed by atoms with Gasteiger partial charge in [0.2, 0.25) is 0 Å². The summed E-state index contributed by atoms with van der Waals surface area (Å²) in [7, 11) is 1.24. The standard InChI is InChI=1S/C13H17NO5/c1-8(2)4-5-19-10-6-9(13(17)18-3)7-14-11(10)12(15)16/h6-8H,4-5H2,1-3H3,(H,15,16). The van der Waals surface area contributed by atoms with Gasteiger partial charge in [0.25, 0.3) is 0 Å². The molecule has 0 atom stereocenters. The van der Waals surface area contributed by atoms with E-state index in [0.29, 0.717) is 12.5 Å². The van der Waals surface area contributed by atoms with Crippen LogP contribution in [0.2, 0.25) is 0 Å². The van der Waals surface area contributed by atoms with E-state index in [2.05, 4.69) is 9.72 Å². The number of methoxy groups -OCH3 is 1. The Labute approximate surface area is 111 Å². The van der Waals surface area contributed by atoms with Gasteiger partial charge in [0.15, 0.2) is 11.4 Å². The number of rotatable bonds is 6. The van der Waals surface area contributed by atoms with E-state index in [0.717, 1.165) is 12.6 Å². The first-order chi connectivity index (χ1) is 8.95. The van der Waals surface area contributed by atoms with Crippen LogP contribution in [0.15, 0.2) is 12.3 Å². The summed E-state index contributed by atoms with van der Waals surface area (Å²) in [5, 5.41) is 9.00. The van der Waals surface area contributed by atoms with E-state index in [1.165, 1.54) is 13.2 Å². The molecule has 0 saturated carbocycles. The molecule has 1 rings (SSSR count). The predicted octanol–water partition coefficient (Wildman–Crippen LogP) is 1.99. The number of ether oxygens (including phenoxy) is 2. The van der Waals surface area contributed by atoms with E-state index in [-0.39, 0.29) is 17.0 Å². The summed E-state index contributed by atoms with van der Waals surface area (Å²) < 4.78 is 9.95. The first-order valence-corrected chi connectivity index (χ1v) is 5.90. The highest BCUT2D eigenvalue weighted by Crippen LogP contribution is 2.19. The average Bonchev–Trinajstić information content (AvgIpc) is 2.37. The van der Waals surface area contributed by atoms with Gasteiger partial charge >= 0.3 is 11.9 Å². The zero-order valence-corrected chi connectivity index (χ0v) is 11.2. The van der Waals surface area contributed by atoms with E-state index >= 15 is 0 Å².